The summed E-state index contributed by atoms with van der Waals surface area (Å²) in [5, 5.41) is 3.26. The Balaban J connectivity index is 2.56. The minimum Gasteiger partial charge on any atom is -0.323 e. The van der Waals surface area contributed by atoms with Crippen LogP contribution in [0, 0.1) is 0 Å². The average molecular weight is 216 g/mol. The van der Waals surface area contributed by atoms with E-state index in [0.717, 1.165) is 18.6 Å². The highest BCUT2D eigenvalue weighted by Crippen LogP contribution is 2.16. The Morgan fingerprint density at radius 3 is 3.00 bits per heavy atom. The van der Waals surface area contributed by atoms with Crippen LogP contribution in [0.5, 0.6) is 0 Å². The Bertz CT molecular complexity index is 199. The second-order valence-electron chi connectivity index (χ2n) is 3.79. The topological polar surface area (TPSA) is 32.3 Å². The lowest BCUT2D eigenvalue weighted by molar-refractivity contribution is -0.129. The highest BCUT2D eigenvalue weighted by Gasteiger charge is 2.32. The molecule has 1 saturated heterocycles. The van der Waals surface area contributed by atoms with E-state index < -0.39 is 0 Å². The van der Waals surface area contributed by atoms with Gasteiger partial charge in [0, 0.05) is 11.8 Å². The van der Waals surface area contributed by atoms with Crippen molar-refractivity contribution in [1.82, 2.24) is 10.2 Å². The number of nitrogens with zero attached hydrogens (tertiary/aromatic N) is 1. The van der Waals surface area contributed by atoms with E-state index in [1.54, 1.807) is 11.8 Å². The number of amides is 1. The normalized spacial score (nSPS) is 24.4. The van der Waals surface area contributed by atoms with Crippen molar-refractivity contribution in [3.05, 3.63) is 0 Å². The van der Waals surface area contributed by atoms with Crippen LogP contribution in [0.3, 0.4) is 0 Å². The van der Waals surface area contributed by atoms with Gasteiger partial charge in [-0.05, 0) is 19.6 Å². The van der Waals surface area contributed by atoms with Crippen molar-refractivity contribution in [2.24, 2.45) is 0 Å². The molecule has 1 amide bonds. The molecule has 3 nitrogen and oxygen atoms in total. The summed E-state index contributed by atoms with van der Waals surface area (Å²) < 4.78 is 0. The van der Waals surface area contributed by atoms with Crippen molar-refractivity contribution >= 4 is 17.7 Å². The van der Waals surface area contributed by atoms with E-state index in [1.807, 2.05) is 4.90 Å². The maximum atomic E-state index is 11.6. The highest BCUT2D eigenvalue weighted by atomic mass is 32.2. The average Bonchev–Trinajstić information content (AvgIpc) is 2.48. The first kappa shape index (κ1) is 11.9. The zero-order valence-electron chi connectivity index (χ0n) is 9.25. The molecule has 2 unspecified atom stereocenters. The Kier molecular flexibility index (Phi) is 4.75. The van der Waals surface area contributed by atoms with Crippen molar-refractivity contribution in [2.45, 2.75) is 38.9 Å². The van der Waals surface area contributed by atoms with Crippen LogP contribution >= 0.6 is 11.8 Å². The maximum absolute atomic E-state index is 11.6. The van der Waals surface area contributed by atoms with Crippen LogP contribution in [-0.4, -0.2) is 41.6 Å². The highest BCUT2D eigenvalue weighted by molar-refractivity contribution is 7.98. The fourth-order valence-electron chi connectivity index (χ4n) is 1.96. The van der Waals surface area contributed by atoms with Gasteiger partial charge in [-0.15, -0.1) is 0 Å². The molecule has 1 rings (SSSR count). The fraction of sp³-hybridized carbons (Fsp3) is 0.900. The minimum absolute atomic E-state index is 0.255. The number of carbonyl (C=O) groups excluding carboxylic acids is 1. The van der Waals surface area contributed by atoms with E-state index >= 15 is 0 Å². The van der Waals surface area contributed by atoms with Gasteiger partial charge in [0.1, 0.15) is 0 Å². The van der Waals surface area contributed by atoms with Crippen molar-refractivity contribution in [3.63, 3.8) is 0 Å². The maximum Gasteiger partial charge on any atom is 0.238 e. The van der Waals surface area contributed by atoms with Crippen LogP contribution in [-0.2, 0) is 4.79 Å². The second-order valence-corrected chi connectivity index (χ2v) is 4.70. The van der Waals surface area contributed by atoms with Gasteiger partial charge in [-0.2, -0.15) is 11.8 Å². The molecule has 0 bridgehead atoms. The summed E-state index contributed by atoms with van der Waals surface area (Å²) in [6.07, 6.45) is 4.53. The van der Waals surface area contributed by atoms with Gasteiger partial charge in [-0.3, -0.25) is 10.1 Å². The molecule has 1 aliphatic rings. The SMILES string of the molecule is CCCC1NCC(=O)N1C(C)CSC. The first-order chi connectivity index (χ1) is 6.70. The Morgan fingerprint density at radius 1 is 1.71 bits per heavy atom. The van der Waals surface area contributed by atoms with Gasteiger partial charge < -0.3 is 4.90 Å². The smallest absolute Gasteiger partial charge is 0.238 e. The van der Waals surface area contributed by atoms with Crippen LogP contribution in [0.1, 0.15) is 26.7 Å². The van der Waals surface area contributed by atoms with Crippen LogP contribution in [0.2, 0.25) is 0 Å². The number of hydrogen-bond donors (Lipinski definition) is 1. The summed E-state index contributed by atoms with van der Waals surface area (Å²) in [7, 11) is 0. The van der Waals surface area contributed by atoms with E-state index in [1.165, 1.54) is 0 Å². The number of rotatable bonds is 5. The minimum atomic E-state index is 0.255. The van der Waals surface area contributed by atoms with E-state index in [-0.39, 0.29) is 12.1 Å². The first-order valence-corrected chi connectivity index (χ1v) is 6.63. The van der Waals surface area contributed by atoms with Crippen LogP contribution in [0.15, 0.2) is 0 Å². The third-order valence-electron chi connectivity index (χ3n) is 2.56. The molecule has 0 spiro atoms. The van der Waals surface area contributed by atoms with Crippen LogP contribution < -0.4 is 5.32 Å². The molecule has 1 heterocycles. The van der Waals surface area contributed by atoms with Gasteiger partial charge >= 0.3 is 0 Å². The molecular weight excluding hydrogens is 196 g/mol. The number of nitrogens with one attached hydrogen (secondary N) is 1. The molecular formula is C10H20N2OS. The summed E-state index contributed by atoms with van der Waals surface area (Å²) in [5.74, 6) is 1.28. The van der Waals surface area contributed by atoms with Crippen molar-refractivity contribution < 1.29 is 4.79 Å². The summed E-state index contributed by atoms with van der Waals surface area (Å²) in [6, 6.07) is 0.351. The Morgan fingerprint density at radius 2 is 2.43 bits per heavy atom. The standard InChI is InChI=1S/C10H20N2OS/c1-4-5-9-11-6-10(13)12(9)8(2)7-14-3/h8-9,11H,4-7H2,1-3H3. The second kappa shape index (κ2) is 5.61. The molecule has 2 atom stereocenters. The third-order valence-corrected chi connectivity index (χ3v) is 3.37. The molecule has 82 valence electrons. The quantitative estimate of drug-likeness (QED) is 0.752. The molecule has 1 N–H and O–H groups in total. The lowest BCUT2D eigenvalue weighted by Gasteiger charge is -2.29. The third kappa shape index (κ3) is 2.64. The molecule has 0 aromatic carbocycles. The molecule has 0 radical (unpaired) electrons. The molecule has 0 saturated carbocycles. The zero-order valence-corrected chi connectivity index (χ0v) is 10.1. The van der Waals surface area contributed by atoms with E-state index in [9.17, 15) is 4.79 Å². The summed E-state index contributed by atoms with van der Waals surface area (Å²) in [6.45, 7) is 4.80. The van der Waals surface area contributed by atoms with Crippen molar-refractivity contribution in [3.8, 4) is 0 Å². The van der Waals surface area contributed by atoms with Gasteiger partial charge in [-0.25, -0.2) is 0 Å². The fourth-order valence-corrected chi connectivity index (χ4v) is 2.60. The van der Waals surface area contributed by atoms with Crippen LogP contribution in [0.4, 0.5) is 0 Å². The van der Waals surface area contributed by atoms with Crippen LogP contribution in [0.25, 0.3) is 0 Å². The molecule has 0 aromatic heterocycles. The zero-order chi connectivity index (χ0) is 10.6. The van der Waals surface area contributed by atoms with Gasteiger partial charge in [0.15, 0.2) is 0 Å². The number of thioether (sulfide) groups is 1. The lowest BCUT2D eigenvalue weighted by Crippen LogP contribution is -2.44. The molecule has 0 aliphatic carbocycles. The predicted molar refractivity (Wildman–Crippen MR) is 61.4 cm³/mol. The van der Waals surface area contributed by atoms with Gasteiger partial charge in [0.05, 0.1) is 12.7 Å². The van der Waals surface area contributed by atoms with E-state index in [2.05, 4.69) is 25.4 Å². The number of carbonyl (C=O) groups is 1. The molecule has 14 heavy (non-hydrogen) atoms. The molecule has 1 fully saturated rings. The molecule has 1 aliphatic heterocycles. The monoisotopic (exact) mass is 216 g/mol. The summed E-state index contributed by atoms with van der Waals surface area (Å²) in [4.78, 5) is 13.6. The Hall–Kier alpha value is -0.220. The summed E-state index contributed by atoms with van der Waals surface area (Å²) in [5.41, 5.74) is 0. The Labute approximate surface area is 90.6 Å². The van der Waals surface area contributed by atoms with E-state index in [0.29, 0.717) is 12.6 Å². The summed E-state index contributed by atoms with van der Waals surface area (Å²) >= 11 is 1.80. The predicted octanol–water partition coefficient (Wildman–Crippen LogP) is 1.30. The molecule has 4 heteroatoms. The lowest BCUT2D eigenvalue weighted by atomic mass is 10.2. The molecule has 0 aromatic rings. The van der Waals surface area contributed by atoms with Crippen molar-refractivity contribution in [1.29, 1.82) is 0 Å². The number of hydrogen-bond acceptors (Lipinski definition) is 3. The van der Waals surface area contributed by atoms with E-state index in [4.69, 9.17) is 0 Å². The van der Waals surface area contributed by atoms with Gasteiger partial charge in [0.25, 0.3) is 0 Å². The van der Waals surface area contributed by atoms with Crippen molar-refractivity contribution in [2.75, 3.05) is 18.6 Å². The van der Waals surface area contributed by atoms with Gasteiger partial charge in [0.2, 0.25) is 5.91 Å². The first-order valence-electron chi connectivity index (χ1n) is 5.24. The largest absolute Gasteiger partial charge is 0.323 e. The van der Waals surface area contributed by atoms with Gasteiger partial charge in [-0.1, -0.05) is 13.3 Å².